The van der Waals surface area contributed by atoms with Gasteiger partial charge in [-0.05, 0) is 46.0 Å². The van der Waals surface area contributed by atoms with Crippen molar-refractivity contribution >= 4 is 5.91 Å². The highest BCUT2D eigenvalue weighted by Gasteiger charge is 2.35. The van der Waals surface area contributed by atoms with Crippen LogP contribution in [0.2, 0.25) is 0 Å². The molecule has 1 atom stereocenters. The Hall–Kier alpha value is -1.57. The lowest BCUT2D eigenvalue weighted by Gasteiger charge is -2.18. The Morgan fingerprint density at radius 1 is 1.39 bits per heavy atom. The fourth-order valence-electron chi connectivity index (χ4n) is 2.33. The standard InChI is InChI=1S/C15H25F3N4O/c1-5-21(6-2)9-7-8-19-14(23)12(4)22-11(3)10-13(20-22)15(16,17)18/h10,12H,5-9H2,1-4H3,(H,19,23). The van der Waals surface area contributed by atoms with Gasteiger partial charge in [0.05, 0.1) is 0 Å². The van der Waals surface area contributed by atoms with Crippen molar-refractivity contribution in [2.45, 2.75) is 46.3 Å². The Bertz CT molecular complexity index is 509. The van der Waals surface area contributed by atoms with Crippen LogP contribution in [0.5, 0.6) is 0 Å². The molecule has 1 unspecified atom stereocenters. The molecular formula is C15H25F3N4O. The number of aryl methyl sites for hydroxylation is 1. The molecule has 1 rings (SSSR count). The summed E-state index contributed by atoms with van der Waals surface area (Å²) >= 11 is 0. The van der Waals surface area contributed by atoms with Gasteiger partial charge in [-0.2, -0.15) is 18.3 Å². The van der Waals surface area contributed by atoms with Crippen LogP contribution in [-0.4, -0.2) is 46.8 Å². The maximum Gasteiger partial charge on any atom is 0.435 e. The minimum absolute atomic E-state index is 0.308. The van der Waals surface area contributed by atoms with E-state index in [-0.39, 0.29) is 5.91 Å². The lowest BCUT2D eigenvalue weighted by molar-refractivity contribution is -0.142. The van der Waals surface area contributed by atoms with Crippen molar-refractivity contribution in [1.29, 1.82) is 0 Å². The number of aromatic nitrogens is 2. The van der Waals surface area contributed by atoms with Crippen LogP contribution >= 0.6 is 0 Å². The van der Waals surface area contributed by atoms with E-state index in [0.717, 1.165) is 36.8 Å². The number of rotatable bonds is 8. The first kappa shape index (κ1) is 19.5. The molecule has 1 amide bonds. The lowest BCUT2D eigenvalue weighted by Crippen LogP contribution is -2.34. The predicted molar refractivity (Wildman–Crippen MR) is 82.1 cm³/mol. The third-order valence-electron chi connectivity index (χ3n) is 3.80. The topological polar surface area (TPSA) is 50.2 Å². The number of amides is 1. The van der Waals surface area contributed by atoms with E-state index in [1.807, 2.05) is 0 Å². The van der Waals surface area contributed by atoms with Crippen LogP contribution in [0.4, 0.5) is 13.2 Å². The highest BCUT2D eigenvalue weighted by molar-refractivity contribution is 5.79. The van der Waals surface area contributed by atoms with Crippen molar-refractivity contribution in [1.82, 2.24) is 20.0 Å². The van der Waals surface area contributed by atoms with Crippen molar-refractivity contribution in [3.63, 3.8) is 0 Å². The Labute approximate surface area is 134 Å². The number of hydrogen-bond donors (Lipinski definition) is 1. The minimum Gasteiger partial charge on any atom is -0.354 e. The molecule has 0 spiro atoms. The van der Waals surface area contributed by atoms with Crippen molar-refractivity contribution < 1.29 is 18.0 Å². The summed E-state index contributed by atoms with van der Waals surface area (Å²) in [5.41, 5.74) is -0.667. The second-order valence-electron chi connectivity index (χ2n) is 5.46. The maximum atomic E-state index is 12.7. The van der Waals surface area contributed by atoms with Crippen molar-refractivity contribution in [2.75, 3.05) is 26.2 Å². The zero-order valence-corrected chi connectivity index (χ0v) is 14.1. The van der Waals surface area contributed by atoms with Gasteiger partial charge in [0.1, 0.15) is 6.04 Å². The molecule has 23 heavy (non-hydrogen) atoms. The largest absolute Gasteiger partial charge is 0.435 e. The van der Waals surface area contributed by atoms with Crippen LogP contribution in [0, 0.1) is 6.92 Å². The summed E-state index contributed by atoms with van der Waals surface area (Å²) < 4.78 is 39.1. The van der Waals surface area contributed by atoms with Gasteiger partial charge in [0.15, 0.2) is 5.69 Å². The van der Waals surface area contributed by atoms with Crippen LogP contribution in [0.3, 0.4) is 0 Å². The monoisotopic (exact) mass is 334 g/mol. The predicted octanol–water partition coefficient (Wildman–Crippen LogP) is 2.62. The number of hydrogen-bond acceptors (Lipinski definition) is 3. The molecule has 0 radical (unpaired) electrons. The van der Waals surface area contributed by atoms with Gasteiger partial charge in [-0.15, -0.1) is 0 Å². The SMILES string of the molecule is CCN(CC)CCCNC(=O)C(C)n1nc(C(F)(F)F)cc1C. The molecule has 0 aromatic carbocycles. The van der Waals surface area contributed by atoms with E-state index in [2.05, 4.69) is 29.2 Å². The molecule has 1 heterocycles. The fraction of sp³-hybridized carbons (Fsp3) is 0.733. The third kappa shape index (κ3) is 5.53. The molecule has 1 N–H and O–H groups in total. The van der Waals surface area contributed by atoms with Crippen LogP contribution in [0.25, 0.3) is 0 Å². The Kier molecular flexibility index (Phi) is 7.05. The summed E-state index contributed by atoms with van der Waals surface area (Å²) in [4.78, 5) is 14.3. The van der Waals surface area contributed by atoms with E-state index < -0.39 is 17.9 Å². The summed E-state index contributed by atoms with van der Waals surface area (Å²) in [6, 6.07) is 0.170. The van der Waals surface area contributed by atoms with Crippen LogP contribution in [0.1, 0.15) is 44.6 Å². The summed E-state index contributed by atoms with van der Waals surface area (Å²) in [6.45, 7) is 10.5. The second-order valence-corrected chi connectivity index (χ2v) is 5.46. The molecule has 0 fully saturated rings. The first-order valence-corrected chi connectivity index (χ1v) is 7.84. The van der Waals surface area contributed by atoms with Gasteiger partial charge in [-0.1, -0.05) is 13.8 Å². The van der Waals surface area contributed by atoms with E-state index in [9.17, 15) is 18.0 Å². The molecule has 0 bridgehead atoms. The number of carbonyl (C=O) groups excluding carboxylic acids is 1. The Balaban J connectivity index is 2.56. The Morgan fingerprint density at radius 3 is 2.48 bits per heavy atom. The van der Waals surface area contributed by atoms with Gasteiger partial charge in [-0.3, -0.25) is 9.48 Å². The number of nitrogens with one attached hydrogen (secondary N) is 1. The van der Waals surface area contributed by atoms with Gasteiger partial charge >= 0.3 is 6.18 Å². The van der Waals surface area contributed by atoms with E-state index >= 15 is 0 Å². The third-order valence-corrected chi connectivity index (χ3v) is 3.80. The molecule has 0 saturated carbocycles. The summed E-state index contributed by atoms with van der Waals surface area (Å²) in [5, 5.41) is 6.26. The first-order chi connectivity index (χ1) is 10.7. The number of carbonyl (C=O) groups is 1. The molecule has 0 aliphatic heterocycles. The average Bonchev–Trinajstić information content (AvgIpc) is 2.88. The van der Waals surface area contributed by atoms with E-state index in [4.69, 9.17) is 0 Å². The normalized spacial score (nSPS) is 13.4. The maximum absolute atomic E-state index is 12.7. The van der Waals surface area contributed by atoms with Gasteiger partial charge in [0.2, 0.25) is 5.91 Å². The highest BCUT2D eigenvalue weighted by atomic mass is 19.4. The summed E-state index contributed by atoms with van der Waals surface area (Å²) in [5.74, 6) is -0.329. The zero-order chi connectivity index (χ0) is 17.6. The minimum atomic E-state index is -4.50. The molecule has 1 aromatic rings. The first-order valence-electron chi connectivity index (χ1n) is 7.84. The summed E-state index contributed by atoms with van der Waals surface area (Å²) in [6.07, 6.45) is -3.71. The Morgan fingerprint density at radius 2 is 2.00 bits per heavy atom. The van der Waals surface area contributed by atoms with Crippen LogP contribution < -0.4 is 5.32 Å². The number of halogens is 3. The highest BCUT2D eigenvalue weighted by Crippen LogP contribution is 2.29. The molecule has 0 aliphatic carbocycles. The molecular weight excluding hydrogens is 309 g/mol. The van der Waals surface area contributed by atoms with Gasteiger partial charge in [0, 0.05) is 12.2 Å². The molecule has 8 heteroatoms. The molecule has 0 aliphatic rings. The second kappa shape index (κ2) is 8.33. The fourth-order valence-corrected chi connectivity index (χ4v) is 2.33. The van der Waals surface area contributed by atoms with Gasteiger partial charge < -0.3 is 10.2 Å². The van der Waals surface area contributed by atoms with Crippen molar-refractivity contribution in [3.8, 4) is 0 Å². The lowest BCUT2D eigenvalue weighted by atomic mass is 10.3. The van der Waals surface area contributed by atoms with Crippen LogP contribution in [0.15, 0.2) is 6.07 Å². The molecule has 1 aromatic heterocycles. The van der Waals surface area contributed by atoms with E-state index in [0.29, 0.717) is 12.2 Å². The average molecular weight is 334 g/mol. The molecule has 132 valence electrons. The summed E-state index contributed by atoms with van der Waals surface area (Å²) in [7, 11) is 0. The number of alkyl halides is 3. The number of nitrogens with zero attached hydrogens (tertiary/aromatic N) is 3. The van der Waals surface area contributed by atoms with Crippen LogP contribution in [-0.2, 0) is 11.0 Å². The smallest absolute Gasteiger partial charge is 0.354 e. The molecule has 0 saturated heterocycles. The molecule has 5 nitrogen and oxygen atoms in total. The zero-order valence-electron chi connectivity index (χ0n) is 14.1. The van der Waals surface area contributed by atoms with E-state index in [1.54, 1.807) is 6.92 Å². The van der Waals surface area contributed by atoms with E-state index in [1.165, 1.54) is 6.92 Å². The van der Waals surface area contributed by atoms with Crippen molar-refractivity contribution in [2.24, 2.45) is 0 Å². The quantitative estimate of drug-likeness (QED) is 0.744. The van der Waals surface area contributed by atoms with Gasteiger partial charge in [0.25, 0.3) is 0 Å². The van der Waals surface area contributed by atoms with Crippen molar-refractivity contribution in [3.05, 3.63) is 17.5 Å². The van der Waals surface area contributed by atoms with Gasteiger partial charge in [-0.25, -0.2) is 0 Å².